The lowest BCUT2D eigenvalue weighted by atomic mass is 10.3. The number of para-hydroxylation sites is 1. The Morgan fingerprint density at radius 3 is 1.59 bits per heavy atom. The van der Waals surface area contributed by atoms with Crippen LogP contribution in [0, 0.1) is 0 Å². The van der Waals surface area contributed by atoms with Crippen LogP contribution in [-0.2, 0) is 42.7 Å². The van der Waals surface area contributed by atoms with Gasteiger partial charge in [0.25, 0.3) is 0 Å². The number of carbonyl (C=O) groups excluding carboxylic acids is 1. The number of ether oxygens (including phenoxy) is 9. The second-order valence-corrected chi connectivity index (χ2v) is 7.51. The number of esters is 1. The molecule has 1 aromatic carbocycles. The highest BCUT2D eigenvalue weighted by Crippen LogP contribution is 2.12. The van der Waals surface area contributed by atoms with Crippen molar-refractivity contribution in [2.75, 3.05) is 99.1 Å². The van der Waals surface area contributed by atoms with E-state index in [4.69, 9.17) is 47.7 Å². The molecule has 0 aliphatic rings. The fourth-order valence-corrected chi connectivity index (χ4v) is 2.54. The third-order valence-electron chi connectivity index (χ3n) is 4.34. The maximum Gasteiger partial charge on any atom is 0.333 e. The summed E-state index contributed by atoms with van der Waals surface area (Å²) in [6, 6.07) is 9.13. The summed E-state index contributed by atoms with van der Waals surface area (Å²) in [4.78, 5) is 11.7. The monoisotopic (exact) mass is 530 g/mol. The summed E-state index contributed by atoms with van der Waals surface area (Å²) < 4.78 is 48.7. The fraction of sp³-hybridized carbons (Fsp3) is 0.654. The Morgan fingerprint density at radius 2 is 1.16 bits per heavy atom. The summed E-state index contributed by atoms with van der Waals surface area (Å²) in [6.07, 6.45) is -0.767. The van der Waals surface area contributed by atoms with Crippen LogP contribution in [0.5, 0.6) is 5.75 Å². The standard InChI is InChI=1S/C26H42O11/c1-23(2)26(28)36-22-25(37-24-6-4-3-5-7-24)35-21-20-34-19-18-33-17-16-32-15-14-31-13-12-30-11-10-29-9-8-27/h3-7,25,27H,1,8-22H2,2H3. The number of carbonyl (C=O) groups is 1. The van der Waals surface area contributed by atoms with Crippen LogP contribution >= 0.6 is 0 Å². The van der Waals surface area contributed by atoms with Crippen molar-refractivity contribution in [3.63, 3.8) is 0 Å². The summed E-state index contributed by atoms with van der Waals surface area (Å²) in [7, 11) is 0. The Bertz CT molecular complexity index is 672. The molecule has 0 saturated heterocycles. The van der Waals surface area contributed by atoms with Gasteiger partial charge in [0.2, 0.25) is 6.29 Å². The molecule has 11 heteroatoms. The maximum absolute atomic E-state index is 11.7. The van der Waals surface area contributed by atoms with E-state index in [0.717, 1.165) is 0 Å². The molecule has 11 nitrogen and oxygen atoms in total. The fourth-order valence-electron chi connectivity index (χ4n) is 2.54. The van der Waals surface area contributed by atoms with Crippen molar-refractivity contribution in [3.8, 4) is 5.75 Å². The van der Waals surface area contributed by atoms with E-state index in [1.807, 2.05) is 18.2 Å². The van der Waals surface area contributed by atoms with Gasteiger partial charge in [-0.2, -0.15) is 0 Å². The van der Waals surface area contributed by atoms with Crippen molar-refractivity contribution >= 4 is 5.97 Å². The molecule has 0 heterocycles. The van der Waals surface area contributed by atoms with Gasteiger partial charge in [0.1, 0.15) is 5.75 Å². The summed E-state index contributed by atoms with van der Waals surface area (Å²) >= 11 is 0. The Balaban J connectivity index is 1.94. The van der Waals surface area contributed by atoms with Gasteiger partial charge in [-0.25, -0.2) is 4.79 Å². The van der Waals surface area contributed by atoms with Gasteiger partial charge in [-0.15, -0.1) is 0 Å². The van der Waals surface area contributed by atoms with Crippen molar-refractivity contribution in [3.05, 3.63) is 42.5 Å². The van der Waals surface area contributed by atoms with Gasteiger partial charge in [-0.05, 0) is 19.1 Å². The van der Waals surface area contributed by atoms with Gasteiger partial charge >= 0.3 is 5.97 Å². The molecule has 1 aromatic rings. The molecule has 0 fully saturated rings. The predicted octanol–water partition coefficient (Wildman–Crippen LogP) is 1.62. The van der Waals surface area contributed by atoms with Crippen LogP contribution in [0.3, 0.4) is 0 Å². The second-order valence-electron chi connectivity index (χ2n) is 7.51. The average molecular weight is 531 g/mol. The third kappa shape index (κ3) is 20.6. The summed E-state index contributed by atoms with van der Waals surface area (Å²) in [5, 5.41) is 8.57. The average Bonchev–Trinajstić information content (AvgIpc) is 2.90. The quantitative estimate of drug-likeness (QED) is 0.0814. The van der Waals surface area contributed by atoms with Gasteiger partial charge in [0.15, 0.2) is 6.61 Å². The van der Waals surface area contributed by atoms with Crippen LogP contribution in [0.2, 0.25) is 0 Å². The molecule has 0 radical (unpaired) electrons. The first-order valence-corrected chi connectivity index (χ1v) is 12.4. The lowest BCUT2D eigenvalue weighted by Gasteiger charge is -2.19. The first-order chi connectivity index (χ1) is 18.1. The van der Waals surface area contributed by atoms with Crippen molar-refractivity contribution in [1.82, 2.24) is 0 Å². The van der Waals surface area contributed by atoms with Crippen LogP contribution in [0.1, 0.15) is 6.92 Å². The molecule has 1 rings (SSSR count). The minimum atomic E-state index is -0.767. The van der Waals surface area contributed by atoms with Gasteiger partial charge in [-0.1, -0.05) is 24.8 Å². The molecule has 0 aliphatic carbocycles. The zero-order chi connectivity index (χ0) is 26.8. The highest BCUT2D eigenvalue weighted by Gasteiger charge is 2.15. The molecule has 1 unspecified atom stereocenters. The first-order valence-electron chi connectivity index (χ1n) is 12.4. The minimum absolute atomic E-state index is 0.0167. The second kappa shape index (κ2) is 24.3. The SMILES string of the molecule is C=C(C)C(=O)OCC(OCCOCCOCCOCCOCCOCCOCCO)Oc1ccccc1. The van der Waals surface area contributed by atoms with Gasteiger partial charge < -0.3 is 47.7 Å². The number of aliphatic hydroxyl groups is 1. The van der Waals surface area contributed by atoms with E-state index in [1.165, 1.54) is 0 Å². The Kier molecular flexibility index (Phi) is 21.6. The van der Waals surface area contributed by atoms with Crippen LogP contribution < -0.4 is 4.74 Å². The van der Waals surface area contributed by atoms with Gasteiger partial charge in [-0.3, -0.25) is 0 Å². The molecule has 0 saturated carbocycles. The zero-order valence-electron chi connectivity index (χ0n) is 21.8. The number of rotatable bonds is 26. The Labute approximate surface area is 219 Å². The predicted molar refractivity (Wildman–Crippen MR) is 135 cm³/mol. The molecule has 0 aliphatic heterocycles. The van der Waals surface area contributed by atoms with Crippen LogP contribution in [-0.4, -0.2) is 116 Å². The smallest absolute Gasteiger partial charge is 0.333 e. The number of aliphatic hydroxyl groups excluding tert-OH is 1. The summed E-state index contributed by atoms with van der Waals surface area (Å²) in [6.45, 7) is 10.6. The number of benzene rings is 1. The van der Waals surface area contributed by atoms with Crippen molar-refractivity contribution in [2.45, 2.75) is 13.2 Å². The largest absolute Gasteiger partial charge is 0.461 e. The Morgan fingerprint density at radius 1 is 0.730 bits per heavy atom. The van der Waals surface area contributed by atoms with Crippen LogP contribution in [0.15, 0.2) is 42.5 Å². The zero-order valence-corrected chi connectivity index (χ0v) is 21.8. The van der Waals surface area contributed by atoms with E-state index in [-0.39, 0.29) is 19.8 Å². The van der Waals surface area contributed by atoms with E-state index in [9.17, 15) is 4.79 Å². The molecular formula is C26H42O11. The molecule has 0 amide bonds. The van der Waals surface area contributed by atoms with Crippen LogP contribution in [0.25, 0.3) is 0 Å². The van der Waals surface area contributed by atoms with Crippen LogP contribution in [0.4, 0.5) is 0 Å². The van der Waals surface area contributed by atoms with Crippen molar-refractivity contribution < 1.29 is 52.5 Å². The number of hydrogen-bond acceptors (Lipinski definition) is 11. The molecule has 0 aromatic heterocycles. The molecular weight excluding hydrogens is 488 g/mol. The molecule has 0 spiro atoms. The van der Waals surface area contributed by atoms with Gasteiger partial charge in [0.05, 0.1) is 92.5 Å². The molecule has 1 N–H and O–H groups in total. The molecule has 212 valence electrons. The van der Waals surface area contributed by atoms with E-state index in [1.54, 1.807) is 19.1 Å². The lowest BCUT2D eigenvalue weighted by Crippen LogP contribution is -2.29. The van der Waals surface area contributed by atoms with Gasteiger partial charge in [0, 0.05) is 5.57 Å². The van der Waals surface area contributed by atoms with E-state index < -0.39 is 12.3 Å². The van der Waals surface area contributed by atoms with E-state index in [0.29, 0.717) is 90.6 Å². The third-order valence-corrected chi connectivity index (χ3v) is 4.34. The minimum Gasteiger partial charge on any atom is -0.461 e. The highest BCUT2D eigenvalue weighted by molar-refractivity contribution is 5.86. The topological polar surface area (TPSA) is 120 Å². The van der Waals surface area contributed by atoms with E-state index in [2.05, 4.69) is 6.58 Å². The van der Waals surface area contributed by atoms with Crippen molar-refractivity contribution in [1.29, 1.82) is 0 Å². The molecule has 0 bridgehead atoms. The summed E-state index contributed by atoms with van der Waals surface area (Å²) in [5.74, 6) is 0.102. The highest BCUT2D eigenvalue weighted by atomic mass is 16.7. The summed E-state index contributed by atoms with van der Waals surface area (Å²) in [5.41, 5.74) is 0.305. The first kappa shape index (κ1) is 32.9. The van der Waals surface area contributed by atoms with Crippen molar-refractivity contribution in [2.24, 2.45) is 0 Å². The lowest BCUT2D eigenvalue weighted by molar-refractivity contribution is -0.159. The molecule has 37 heavy (non-hydrogen) atoms. The molecule has 1 atom stereocenters. The number of hydrogen-bond donors (Lipinski definition) is 1. The maximum atomic E-state index is 11.7. The Hall–Kier alpha value is -2.09. The van der Waals surface area contributed by atoms with E-state index >= 15 is 0 Å². The normalized spacial score (nSPS) is 11.8.